The van der Waals surface area contributed by atoms with Gasteiger partial charge in [0.25, 0.3) is 0 Å². The van der Waals surface area contributed by atoms with Crippen molar-refractivity contribution in [1.82, 2.24) is 10.2 Å². The highest BCUT2D eigenvalue weighted by molar-refractivity contribution is 9.10. The number of ether oxygens (including phenoxy) is 1. The molecule has 130 valence electrons. The van der Waals surface area contributed by atoms with Gasteiger partial charge in [-0.25, -0.2) is 0 Å². The quantitative estimate of drug-likeness (QED) is 0.747. The molecule has 1 aromatic carbocycles. The van der Waals surface area contributed by atoms with Gasteiger partial charge in [0.1, 0.15) is 0 Å². The van der Waals surface area contributed by atoms with Gasteiger partial charge >= 0.3 is 5.97 Å². The van der Waals surface area contributed by atoms with E-state index in [1.54, 1.807) is 4.90 Å². The van der Waals surface area contributed by atoms with Crippen LogP contribution in [0.1, 0.15) is 37.3 Å². The summed E-state index contributed by atoms with van der Waals surface area (Å²) in [6, 6.07) is 6.88. The summed E-state index contributed by atoms with van der Waals surface area (Å²) in [6.45, 7) is 0.624. The van der Waals surface area contributed by atoms with Gasteiger partial charge in [-0.05, 0) is 30.5 Å². The minimum atomic E-state index is -0.488. The van der Waals surface area contributed by atoms with Crippen LogP contribution in [-0.4, -0.2) is 42.9 Å². The highest BCUT2D eigenvalue weighted by Gasteiger charge is 2.23. The number of rotatable bonds is 6. The Morgan fingerprint density at radius 1 is 1.29 bits per heavy atom. The van der Waals surface area contributed by atoms with Crippen molar-refractivity contribution in [2.24, 2.45) is 0 Å². The molecule has 7 heteroatoms. The fraction of sp³-hybridized carbons (Fsp3) is 0.471. The van der Waals surface area contributed by atoms with Crippen molar-refractivity contribution < 1.29 is 19.1 Å². The van der Waals surface area contributed by atoms with E-state index in [2.05, 4.69) is 21.2 Å². The summed E-state index contributed by atoms with van der Waals surface area (Å²) < 4.78 is 5.62. The molecule has 1 aliphatic rings. The van der Waals surface area contributed by atoms with Crippen LogP contribution < -0.4 is 5.32 Å². The van der Waals surface area contributed by atoms with Gasteiger partial charge in [0, 0.05) is 17.4 Å². The van der Waals surface area contributed by atoms with Crippen molar-refractivity contribution in [3.05, 3.63) is 34.3 Å². The summed E-state index contributed by atoms with van der Waals surface area (Å²) in [6.07, 6.45) is 2.32. The van der Waals surface area contributed by atoms with Gasteiger partial charge in [-0.2, -0.15) is 0 Å². The second kappa shape index (κ2) is 8.82. The van der Waals surface area contributed by atoms with Gasteiger partial charge in [-0.15, -0.1) is 0 Å². The number of carbonyl (C=O) groups excluding carboxylic acids is 3. The first kappa shape index (κ1) is 18.4. The van der Waals surface area contributed by atoms with Gasteiger partial charge in [0.15, 0.2) is 0 Å². The van der Waals surface area contributed by atoms with Crippen LogP contribution in [0.2, 0.25) is 0 Å². The van der Waals surface area contributed by atoms with Crippen LogP contribution in [0, 0.1) is 0 Å². The summed E-state index contributed by atoms with van der Waals surface area (Å²) >= 11 is 3.36. The minimum Gasteiger partial charge on any atom is -0.469 e. The molecular formula is C17H21BrN2O4. The maximum absolute atomic E-state index is 12.3. The lowest BCUT2D eigenvalue weighted by molar-refractivity contribution is -0.142. The fourth-order valence-electron chi connectivity index (χ4n) is 2.64. The number of amides is 2. The standard InChI is InChI=1S/C17H21BrN2O4/c1-24-17(23)10-14(12-5-7-13(18)8-6-12)19-15(21)11-20-9-3-2-4-16(20)22/h5-8,14H,2-4,9-11H2,1H3,(H,19,21). The lowest BCUT2D eigenvalue weighted by Crippen LogP contribution is -2.44. The third kappa shape index (κ3) is 5.33. The van der Waals surface area contributed by atoms with Crippen molar-refractivity contribution in [3.8, 4) is 0 Å². The van der Waals surface area contributed by atoms with E-state index in [4.69, 9.17) is 4.74 Å². The first-order chi connectivity index (χ1) is 11.5. The molecule has 1 fully saturated rings. The van der Waals surface area contributed by atoms with Crippen LogP contribution in [0.5, 0.6) is 0 Å². The van der Waals surface area contributed by atoms with Crippen molar-refractivity contribution in [2.75, 3.05) is 20.2 Å². The van der Waals surface area contributed by atoms with Crippen molar-refractivity contribution >= 4 is 33.7 Å². The van der Waals surface area contributed by atoms with Crippen LogP contribution in [-0.2, 0) is 19.1 Å². The van der Waals surface area contributed by atoms with E-state index in [-0.39, 0.29) is 24.8 Å². The Morgan fingerprint density at radius 3 is 2.62 bits per heavy atom. The summed E-state index contributed by atoms with van der Waals surface area (Å²) in [7, 11) is 1.31. The number of halogens is 1. The van der Waals surface area contributed by atoms with Crippen molar-refractivity contribution in [1.29, 1.82) is 0 Å². The third-order valence-corrected chi connectivity index (χ3v) is 4.49. The number of hydrogen-bond donors (Lipinski definition) is 1. The Kier molecular flexibility index (Phi) is 6.78. The number of methoxy groups -OCH3 is 1. The molecule has 1 N–H and O–H groups in total. The number of benzene rings is 1. The average Bonchev–Trinajstić information content (AvgIpc) is 2.57. The number of carbonyl (C=O) groups is 3. The van der Waals surface area contributed by atoms with E-state index in [0.29, 0.717) is 13.0 Å². The zero-order valence-electron chi connectivity index (χ0n) is 13.6. The predicted molar refractivity (Wildman–Crippen MR) is 92.1 cm³/mol. The van der Waals surface area contributed by atoms with Gasteiger partial charge in [-0.1, -0.05) is 28.1 Å². The maximum Gasteiger partial charge on any atom is 0.307 e. The molecule has 0 aromatic heterocycles. The molecule has 2 amide bonds. The zero-order chi connectivity index (χ0) is 17.5. The molecule has 1 aliphatic heterocycles. The molecule has 1 saturated heterocycles. The van der Waals surface area contributed by atoms with E-state index in [9.17, 15) is 14.4 Å². The molecule has 1 aromatic rings. The Morgan fingerprint density at radius 2 is 2.00 bits per heavy atom. The molecule has 0 radical (unpaired) electrons. The minimum absolute atomic E-state index is 0.00422. The first-order valence-corrected chi connectivity index (χ1v) is 8.68. The van der Waals surface area contributed by atoms with Gasteiger partial charge < -0.3 is 15.0 Å². The topological polar surface area (TPSA) is 75.7 Å². The first-order valence-electron chi connectivity index (χ1n) is 7.89. The molecule has 0 spiro atoms. The Labute approximate surface area is 149 Å². The number of piperidine rings is 1. The molecule has 0 aliphatic carbocycles. The number of likely N-dealkylation sites (tertiary alicyclic amines) is 1. The molecule has 1 atom stereocenters. The summed E-state index contributed by atoms with van der Waals surface area (Å²) in [5.74, 6) is -0.677. The van der Waals surface area contributed by atoms with Gasteiger partial charge in [-0.3, -0.25) is 14.4 Å². The Balaban J connectivity index is 2.03. The monoisotopic (exact) mass is 396 g/mol. The fourth-order valence-corrected chi connectivity index (χ4v) is 2.90. The normalized spacial score (nSPS) is 15.8. The molecular weight excluding hydrogens is 376 g/mol. The van der Waals surface area contributed by atoms with E-state index in [0.717, 1.165) is 22.9 Å². The van der Waals surface area contributed by atoms with E-state index >= 15 is 0 Å². The van der Waals surface area contributed by atoms with Crippen molar-refractivity contribution in [2.45, 2.75) is 31.7 Å². The molecule has 2 rings (SSSR count). The van der Waals surface area contributed by atoms with Crippen LogP contribution >= 0.6 is 15.9 Å². The number of nitrogens with one attached hydrogen (secondary N) is 1. The van der Waals surface area contributed by atoms with E-state index < -0.39 is 12.0 Å². The van der Waals surface area contributed by atoms with Gasteiger partial charge in [0.2, 0.25) is 11.8 Å². The summed E-state index contributed by atoms with van der Waals surface area (Å²) in [4.78, 5) is 37.3. The van der Waals surface area contributed by atoms with Crippen LogP contribution in [0.3, 0.4) is 0 Å². The van der Waals surface area contributed by atoms with Crippen molar-refractivity contribution in [3.63, 3.8) is 0 Å². The van der Waals surface area contributed by atoms with Crippen LogP contribution in [0.25, 0.3) is 0 Å². The highest BCUT2D eigenvalue weighted by atomic mass is 79.9. The zero-order valence-corrected chi connectivity index (χ0v) is 15.2. The number of nitrogens with zero attached hydrogens (tertiary/aromatic N) is 1. The molecule has 24 heavy (non-hydrogen) atoms. The van der Waals surface area contributed by atoms with Crippen LogP contribution in [0.4, 0.5) is 0 Å². The van der Waals surface area contributed by atoms with E-state index in [1.807, 2.05) is 24.3 Å². The summed E-state index contributed by atoms with van der Waals surface area (Å²) in [5, 5.41) is 2.84. The Bertz CT molecular complexity index is 603. The van der Waals surface area contributed by atoms with Crippen LogP contribution in [0.15, 0.2) is 28.7 Å². The molecule has 1 heterocycles. The lowest BCUT2D eigenvalue weighted by atomic mass is 10.0. The average molecular weight is 397 g/mol. The predicted octanol–water partition coefficient (Wildman–Crippen LogP) is 2.18. The third-order valence-electron chi connectivity index (χ3n) is 3.96. The van der Waals surface area contributed by atoms with E-state index in [1.165, 1.54) is 7.11 Å². The molecule has 6 nitrogen and oxygen atoms in total. The molecule has 0 bridgehead atoms. The highest BCUT2D eigenvalue weighted by Crippen LogP contribution is 2.20. The van der Waals surface area contributed by atoms with Gasteiger partial charge in [0.05, 0.1) is 26.1 Å². The Hall–Kier alpha value is -1.89. The lowest BCUT2D eigenvalue weighted by Gasteiger charge is -2.27. The SMILES string of the molecule is COC(=O)CC(NC(=O)CN1CCCCC1=O)c1ccc(Br)cc1. The smallest absolute Gasteiger partial charge is 0.307 e. The second-order valence-electron chi connectivity index (χ2n) is 5.72. The second-order valence-corrected chi connectivity index (χ2v) is 6.64. The molecule has 1 unspecified atom stereocenters. The maximum atomic E-state index is 12.3. The number of hydrogen-bond acceptors (Lipinski definition) is 4. The molecule has 0 saturated carbocycles. The number of esters is 1. The largest absolute Gasteiger partial charge is 0.469 e. The summed E-state index contributed by atoms with van der Waals surface area (Å²) in [5.41, 5.74) is 0.807.